The highest BCUT2D eigenvalue weighted by Crippen LogP contribution is 2.76. The van der Waals surface area contributed by atoms with Crippen LogP contribution in [-0.2, 0) is 20.9 Å². The number of hydrogen-bond donors (Lipinski definition) is 7. The Hall–Kier alpha value is -3.12. The van der Waals surface area contributed by atoms with E-state index >= 15 is 9.59 Å². The molecular weight excluding hydrogens is 839 g/mol. The highest BCUT2D eigenvalue weighted by Gasteiger charge is 2.73. The SMILES string of the molecule is CCCC(CC(O)C1OC1(C)C1CCCC1c1cccc(N)c1)C1=C2CCC3C4(C)CC(c5cc(O)cc(CNC)c5)C(=O)C5(C)CCCCC(C)(O)CNC(CC3(CCO)C2(C)CC1=O)C54. The number of epoxide rings is 1. The largest absolute Gasteiger partial charge is 0.508 e. The van der Waals surface area contributed by atoms with Gasteiger partial charge in [0, 0.05) is 54.6 Å². The molecule has 4 saturated carbocycles. The first-order valence-corrected chi connectivity index (χ1v) is 26.4. The Morgan fingerprint density at radius 1 is 0.970 bits per heavy atom. The molecule has 15 unspecified atom stereocenters. The van der Waals surface area contributed by atoms with Crippen molar-refractivity contribution in [1.82, 2.24) is 10.6 Å². The number of benzene rings is 2. The molecule has 0 bridgehead atoms. The number of nitrogens with two attached hydrogens (primary N) is 1. The van der Waals surface area contributed by atoms with Gasteiger partial charge >= 0.3 is 0 Å². The molecule has 9 rings (SSSR count). The molecule has 0 aromatic heterocycles. The van der Waals surface area contributed by atoms with Crippen LogP contribution in [0.2, 0.25) is 0 Å². The number of allylic oxidation sites excluding steroid dienone is 2. The number of carbonyl (C=O) groups excluding carboxylic acids is 2. The summed E-state index contributed by atoms with van der Waals surface area (Å²) in [5, 5.41) is 53.6. The van der Waals surface area contributed by atoms with Gasteiger partial charge < -0.3 is 41.5 Å². The summed E-state index contributed by atoms with van der Waals surface area (Å²) in [6, 6.07) is 13.8. The third kappa shape index (κ3) is 8.08. The Morgan fingerprint density at radius 2 is 1.75 bits per heavy atom. The molecule has 0 amide bonds. The van der Waals surface area contributed by atoms with Crippen LogP contribution >= 0.6 is 0 Å². The van der Waals surface area contributed by atoms with Gasteiger partial charge in [0.15, 0.2) is 5.78 Å². The van der Waals surface area contributed by atoms with E-state index in [1.54, 1.807) is 12.1 Å². The molecular formula is C57H83N3O7. The topological polar surface area (TPSA) is 178 Å². The zero-order valence-electron chi connectivity index (χ0n) is 41.8. The highest BCUT2D eigenvalue weighted by atomic mass is 16.6. The Balaban J connectivity index is 1.09. The number of aromatic hydroxyl groups is 1. The van der Waals surface area contributed by atoms with Crippen LogP contribution < -0.4 is 16.4 Å². The van der Waals surface area contributed by atoms with Crippen molar-refractivity contribution in [3.05, 3.63) is 70.3 Å². The lowest BCUT2D eigenvalue weighted by atomic mass is 9.33. The first kappa shape index (κ1) is 48.9. The maximum atomic E-state index is 15.5. The predicted molar refractivity (Wildman–Crippen MR) is 263 cm³/mol. The monoisotopic (exact) mass is 922 g/mol. The number of carbonyl (C=O) groups is 2. The van der Waals surface area contributed by atoms with E-state index in [4.69, 9.17) is 10.5 Å². The molecule has 2 saturated heterocycles. The third-order valence-corrected chi connectivity index (χ3v) is 20.1. The molecule has 6 fully saturated rings. The fourth-order valence-electron chi connectivity index (χ4n) is 17.5. The predicted octanol–water partition coefficient (Wildman–Crippen LogP) is 9.03. The van der Waals surface area contributed by atoms with Gasteiger partial charge in [-0.15, -0.1) is 0 Å². The molecule has 2 heterocycles. The van der Waals surface area contributed by atoms with Crippen LogP contribution in [-0.4, -0.2) is 81.6 Å². The van der Waals surface area contributed by atoms with E-state index in [0.29, 0.717) is 57.5 Å². The number of ether oxygens (including phenoxy) is 1. The zero-order valence-corrected chi connectivity index (χ0v) is 41.8. The van der Waals surface area contributed by atoms with E-state index in [2.05, 4.69) is 63.5 Å². The van der Waals surface area contributed by atoms with Gasteiger partial charge in [-0.1, -0.05) is 77.2 Å². The fourth-order valence-corrected chi connectivity index (χ4v) is 17.5. The summed E-state index contributed by atoms with van der Waals surface area (Å²) in [6.45, 7) is 14.2. The fraction of sp³-hybridized carbons (Fsp3) is 0.719. The smallest absolute Gasteiger partial charge is 0.160 e. The number of nitrogen functional groups attached to an aromatic ring is 1. The van der Waals surface area contributed by atoms with Gasteiger partial charge in [0.05, 0.1) is 17.3 Å². The lowest BCUT2D eigenvalue weighted by Crippen LogP contribution is -2.71. The number of rotatable bonds is 13. The summed E-state index contributed by atoms with van der Waals surface area (Å²) in [5.41, 5.74) is 8.75. The summed E-state index contributed by atoms with van der Waals surface area (Å²) in [4.78, 5) is 30.7. The zero-order chi connectivity index (χ0) is 47.9. The van der Waals surface area contributed by atoms with E-state index in [1.165, 1.54) is 11.1 Å². The van der Waals surface area contributed by atoms with Crippen molar-refractivity contribution >= 4 is 17.3 Å². The van der Waals surface area contributed by atoms with Gasteiger partial charge in [-0.3, -0.25) is 9.59 Å². The number of aliphatic hydroxyl groups is 3. The van der Waals surface area contributed by atoms with Gasteiger partial charge in [-0.2, -0.15) is 0 Å². The third-order valence-electron chi connectivity index (χ3n) is 20.1. The second-order valence-electron chi connectivity index (χ2n) is 24.3. The van der Waals surface area contributed by atoms with Gasteiger partial charge in [-0.25, -0.2) is 0 Å². The highest BCUT2D eigenvalue weighted by molar-refractivity contribution is 6.01. The molecule has 8 N–H and O–H groups in total. The van der Waals surface area contributed by atoms with Crippen molar-refractivity contribution in [2.24, 2.45) is 45.3 Å². The summed E-state index contributed by atoms with van der Waals surface area (Å²) in [6.07, 6.45) is 11.2. The molecule has 7 aliphatic rings. The van der Waals surface area contributed by atoms with Crippen LogP contribution in [0.5, 0.6) is 5.75 Å². The van der Waals surface area contributed by atoms with E-state index < -0.39 is 44.9 Å². The standard InChI is InChI=1S/C57H83N3O7/c1-8-13-36(28-45(63)51-56(6,67-51)42-17-12-16-40(42)35-14-11-15-38(58)26-35)48-43-18-19-47-54(4)29-41(37-24-34(32-59-7)25-39(62)27-37)50(65)53(3)21-10-9-20-52(2,66)33-60-44(49(53)54)30-57(47,22-23-61)55(43,5)31-46(48)64/h11,14-15,24-27,36,40-42,44-45,47,49,51,59-63,66H,8-10,12-13,16-23,28-33,58H2,1-7H3. The molecule has 10 nitrogen and oxygen atoms in total. The van der Waals surface area contributed by atoms with E-state index in [0.717, 1.165) is 86.6 Å². The summed E-state index contributed by atoms with van der Waals surface area (Å²) in [7, 11) is 1.89. The number of fused-ring (bicyclic) bond motifs is 4. The summed E-state index contributed by atoms with van der Waals surface area (Å²) < 4.78 is 6.60. The van der Waals surface area contributed by atoms with Crippen molar-refractivity contribution in [1.29, 1.82) is 0 Å². The van der Waals surface area contributed by atoms with Crippen LogP contribution in [0.3, 0.4) is 0 Å². The van der Waals surface area contributed by atoms with Crippen molar-refractivity contribution in [2.45, 2.75) is 192 Å². The Kier molecular flexibility index (Phi) is 13.1. The quantitative estimate of drug-likeness (QED) is 0.0758. The number of phenolic OH excluding ortho intramolecular Hbond substituents is 1. The average molecular weight is 922 g/mol. The molecule has 2 aromatic carbocycles. The molecule has 10 heteroatoms. The summed E-state index contributed by atoms with van der Waals surface area (Å²) >= 11 is 0. The number of hydrogen-bond acceptors (Lipinski definition) is 10. The van der Waals surface area contributed by atoms with Crippen LogP contribution in [0, 0.1) is 45.3 Å². The van der Waals surface area contributed by atoms with Gasteiger partial charge in [0.2, 0.25) is 0 Å². The normalized spacial score (nSPS) is 41.6. The molecule has 368 valence electrons. The van der Waals surface area contributed by atoms with E-state index in [9.17, 15) is 20.4 Å². The number of β-amino-alcohol motifs (C(OH)–C–C–N with tert-alkyl or cyclic N) is 1. The molecule has 2 aliphatic heterocycles. The Morgan fingerprint density at radius 3 is 2.48 bits per heavy atom. The molecule has 67 heavy (non-hydrogen) atoms. The maximum absolute atomic E-state index is 15.5. The molecule has 2 aromatic rings. The van der Waals surface area contributed by atoms with Gasteiger partial charge in [0.1, 0.15) is 17.6 Å². The van der Waals surface area contributed by atoms with Crippen LogP contribution in [0.25, 0.3) is 0 Å². The van der Waals surface area contributed by atoms with Crippen LogP contribution in [0.15, 0.2) is 53.6 Å². The lowest BCUT2D eigenvalue weighted by Gasteiger charge is -2.72. The molecule has 5 aliphatic carbocycles. The first-order chi connectivity index (χ1) is 31.8. The average Bonchev–Trinajstić information content (AvgIpc) is 3.57. The second kappa shape index (κ2) is 17.9. The van der Waals surface area contributed by atoms with E-state index in [1.807, 2.05) is 26.1 Å². The number of nitrogens with one attached hydrogen (secondary N) is 2. The number of ketones is 2. The first-order valence-electron chi connectivity index (χ1n) is 26.4. The van der Waals surface area contributed by atoms with E-state index in [-0.39, 0.29) is 59.7 Å². The van der Waals surface area contributed by atoms with Gasteiger partial charge in [0.25, 0.3) is 0 Å². The number of Topliss-reactive ketones (excluding diaryl/α,β-unsaturated/α-hetero) is 2. The van der Waals surface area contributed by atoms with Gasteiger partial charge in [-0.05, 0) is 178 Å². The summed E-state index contributed by atoms with van der Waals surface area (Å²) in [5.74, 6) is 0.727. The van der Waals surface area contributed by atoms with Crippen molar-refractivity contribution in [2.75, 3.05) is 25.9 Å². The second-order valence-corrected chi connectivity index (χ2v) is 24.3. The minimum atomic E-state index is -0.917. The Labute approximate surface area is 400 Å². The molecule has 0 spiro atoms. The van der Waals surface area contributed by atoms with Crippen molar-refractivity contribution < 1.29 is 34.8 Å². The van der Waals surface area contributed by atoms with Crippen molar-refractivity contribution in [3.63, 3.8) is 0 Å². The number of aliphatic hydroxyl groups excluding tert-OH is 2. The molecule has 0 radical (unpaired) electrons. The number of phenols is 1. The maximum Gasteiger partial charge on any atom is 0.160 e. The minimum absolute atomic E-state index is 0.0138. The number of anilines is 1. The van der Waals surface area contributed by atoms with Crippen LogP contribution in [0.4, 0.5) is 5.69 Å². The minimum Gasteiger partial charge on any atom is -0.508 e. The Bertz CT molecular complexity index is 2240. The lowest BCUT2D eigenvalue weighted by molar-refractivity contribution is -0.208. The molecule has 15 atom stereocenters. The van der Waals surface area contributed by atoms with Crippen LogP contribution in [0.1, 0.15) is 173 Å². The van der Waals surface area contributed by atoms with Crippen molar-refractivity contribution in [3.8, 4) is 5.75 Å².